The molecule has 0 radical (unpaired) electrons. The standard InChI is InChI=1S/C26H28N8O3S/c1-4-38(36,37)18-8-7-17(27-12-18)11-28-23-25(35)34(26(3)9-10-26)24-19(32-23)13-29-22(33-24)20-15(2)30-14-31-21(20)16-5-6-16/h7-8,12-14,16H,4-6,9-11H2,1-3H3,(H,28,32). The van der Waals surface area contributed by atoms with E-state index in [2.05, 4.69) is 30.2 Å². The normalized spacial score (nSPS) is 16.5. The Morgan fingerprint density at radius 2 is 1.87 bits per heavy atom. The largest absolute Gasteiger partial charge is 0.360 e. The van der Waals surface area contributed by atoms with Gasteiger partial charge in [-0.25, -0.2) is 33.3 Å². The lowest BCUT2D eigenvalue weighted by Gasteiger charge is -2.18. The van der Waals surface area contributed by atoms with Crippen molar-refractivity contribution in [3.8, 4) is 11.4 Å². The van der Waals surface area contributed by atoms with Crippen LogP contribution in [0.5, 0.6) is 0 Å². The molecule has 0 atom stereocenters. The van der Waals surface area contributed by atoms with Crippen molar-refractivity contribution in [2.45, 2.75) is 69.4 Å². The molecule has 2 saturated carbocycles. The molecule has 4 heterocycles. The van der Waals surface area contributed by atoms with Crippen molar-refractivity contribution in [3.05, 3.63) is 58.3 Å². The minimum absolute atomic E-state index is 0.00808. The van der Waals surface area contributed by atoms with Crippen molar-refractivity contribution < 1.29 is 8.42 Å². The molecule has 11 nitrogen and oxygen atoms in total. The predicted molar refractivity (Wildman–Crippen MR) is 142 cm³/mol. The summed E-state index contributed by atoms with van der Waals surface area (Å²) in [5.41, 5.74) is 3.56. The average Bonchev–Trinajstić information content (AvgIpc) is 3.85. The quantitative estimate of drug-likeness (QED) is 0.359. The van der Waals surface area contributed by atoms with Crippen molar-refractivity contribution in [1.82, 2.24) is 34.5 Å². The van der Waals surface area contributed by atoms with Crippen LogP contribution in [0, 0.1) is 6.92 Å². The van der Waals surface area contributed by atoms with Crippen LogP contribution in [0.15, 0.2) is 40.5 Å². The Labute approximate surface area is 219 Å². The Morgan fingerprint density at radius 1 is 1.08 bits per heavy atom. The lowest BCUT2D eigenvalue weighted by atomic mass is 10.1. The van der Waals surface area contributed by atoms with E-state index < -0.39 is 9.84 Å². The Kier molecular flexibility index (Phi) is 5.74. The van der Waals surface area contributed by atoms with Gasteiger partial charge in [0.15, 0.2) is 27.1 Å². The Bertz CT molecular complexity index is 1730. The second kappa shape index (κ2) is 8.90. The number of aryl methyl sites for hydroxylation is 1. The fourth-order valence-corrected chi connectivity index (χ4v) is 5.42. The van der Waals surface area contributed by atoms with E-state index in [-0.39, 0.29) is 34.1 Å². The number of anilines is 1. The van der Waals surface area contributed by atoms with Crippen LogP contribution in [0.1, 0.15) is 62.5 Å². The van der Waals surface area contributed by atoms with Gasteiger partial charge in [0.1, 0.15) is 11.8 Å². The minimum atomic E-state index is -3.33. The molecule has 0 spiro atoms. The highest BCUT2D eigenvalue weighted by Gasteiger charge is 2.42. The van der Waals surface area contributed by atoms with Gasteiger partial charge in [0.25, 0.3) is 5.56 Å². The van der Waals surface area contributed by atoms with E-state index in [9.17, 15) is 13.2 Å². The van der Waals surface area contributed by atoms with E-state index in [1.54, 1.807) is 30.1 Å². The fraction of sp³-hybridized carbons (Fsp3) is 0.423. The SMILES string of the molecule is CCS(=O)(=O)c1ccc(CNc2nc3cnc(-c4c(C)ncnc4C4CC4)nc3n(C3(C)CC3)c2=O)nc1. The first kappa shape index (κ1) is 24.5. The predicted octanol–water partition coefficient (Wildman–Crippen LogP) is 3.14. The van der Waals surface area contributed by atoms with Crippen molar-refractivity contribution in [1.29, 1.82) is 0 Å². The van der Waals surface area contributed by atoms with Gasteiger partial charge in [0.05, 0.1) is 46.0 Å². The van der Waals surface area contributed by atoms with Crippen molar-refractivity contribution in [3.63, 3.8) is 0 Å². The maximum absolute atomic E-state index is 13.7. The van der Waals surface area contributed by atoms with Crippen LogP contribution in [0.4, 0.5) is 5.82 Å². The Balaban J connectivity index is 1.38. The third kappa shape index (κ3) is 4.32. The zero-order chi connectivity index (χ0) is 26.7. The summed E-state index contributed by atoms with van der Waals surface area (Å²) < 4.78 is 25.8. The van der Waals surface area contributed by atoms with E-state index in [1.165, 1.54) is 12.3 Å². The maximum atomic E-state index is 13.7. The van der Waals surface area contributed by atoms with Crippen LogP contribution in [0.25, 0.3) is 22.6 Å². The molecule has 4 aromatic rings. The molecular formula is C26H28N8O3S. The molecule has 0 saturated heterocycles. The van der Waals surface area contributed by atoms with E-state index in [1.807, 2.05) is 13.8 Å². The van der Waals surface area contributed by atoms with Crippen molar-refractivity contribution in [2.75, 3.05) is 11.1 Å². The number of aromatic nitrogens is 7. The third-order valence-corrected chi connectivity index (χ3v) is 9.06. The van der Waals surface area contributed by atoms with Crippen LogP contribution < -0.4 is 10.9 Å². The Morgan fingerprint density at radius 3 is 2.53 bits per heavy atom. The molecule has 0 unspecified atom stereocenters. The average molecular weight is 533 g/mol. The topological polar surface area (TPSA) is 146 Å². The summed E-state index contributed by atoms with van der Waals surface area (Å²) in [6.45, 7) is 5.77. The van der Waals surface area contributed by atoms with Crippen molar-refractivity contribution in [2.24, 2.45) is 0 Å². The van der Waals surface area contributed by atoms with Gasteiger partial charge >= 0.3 is 0 Å². The first-order valence-electron chi connectivity index (χ1n) is 12.7. The second-order valence-corrected chi connectivity index (χ2v) is 12.5. The molecule has 0 amide bonds. The molecule has 2 fully saturated rings. The van der Waals surface area contributed by atoms with Gasteiger partial charge in [-0.05, 0) is 51.7 Å². The van der Waals surface area contributed by atoms with E-state index in [4.69, 9.17) is 4.98 Å². The van der Waals surface area contributed by atoms with Crippen LogP contribution in [0.3, 0.4) is 0 Å². The fourth-order valence-electron chi connectivity index (χ4n) is 4.60. The zero-order valence-corrected chi connectivity index (χ0v) is 22.3. The highest BCUT2D eigenvalue weighted by molar-refractivity contribution is 7.91. The van der Waals surface area contributed by atoms with Crippen LogP contribution in [-0.4, -0.2) is 48.6 Å². The number of rotatable bonds is 8. The molecule has 0 aliphatic heterocycles. The number of hydrogen-bond acceptors (Lipinski definition) is 10. The zero-order valence-electron chi connectivity index (χ0n) is 21.5. The summed E-state index contributed by atoms with van der Waals surface area (Å²) in [7, 11) is -3.33. The molecule has 196 valence electrons. The van der Waals surface area contributed by atoms with Crippen molar-refractivity contribution >= 4 is 26.8 Å². The smallest absolute Gasteiger partial charge is 0.295 e. The molecule has 2 aliphatic rings. The first-order chi connectivity index (χ1) is 18.2. The molecule has 12 heteroatoms. The number of hydrogen-bond donors (Lipinski definition) is 1. The van der Waals surface area contributed by atoms with Gasteiger partial charge in [-0.2, -0.15) is 0 Å². The number of fused-ring (bicyclic) bond motifs is 1. The van der Waals surface area contributed by atoms with E-state index >= 15 is 0 Å². The number of sulfone groups is 1. The van der Waals surface area contributed by atoms with Crippen LogP contribution in [0.2, 0.25) is 0 Å². The van der Waals surface area contributed by atoms with E-state index in [0.717, 1.165) is 42.6 Å². The summed E-state index contributed by atoms with van der Waals surface area (Å²) in [4.78, 5) is 41.0. The molecule has 6 rings (SSSR count). The summed E-state index contributed by atoms with van der Waals surface area (Å²) >= 11 is 0. The highest BCUT2D eigenvalue weighted by atomic mass is 32.2. The summed E-state index contributed by atoms with van der Waals surface area (Å²) in [5.74, 6) is 1.08. The lowest BCUT2D eigenvalue weighted by Crippen LogP contribution is -2.32. The minimum Gasteiger partial charge on any atom is -0.360 e. The summed E-state index contributed by atoms with van der Waals surface area (Å²) in [6, 6.07) is 3.16. The van der Waals surface area contributed by atoms with Gasteiger partial charge in [0, 0.05) is 17.7 Å². The monoisotopic (exact) mass is 532 g/mol. The molecule has 4 aromatic heterocycles. The molecule has 38 heavy (non-hydrogen) atoms. The number of pyridine rings is 1. The second-order valence-electron chi connectivity index (χ2n) is 10.2. The van der Waals surface area contributed by atoms with Gasteiger partial charge in [-0.3, -0.25) is 14.3 Å². The van der Waals surface area contributed by atoms with Crippen LogP contribution in [-0.2, 0) is 21.9 Å². The molecule has 1 N–H and O–H groups in total. The number of nitrogens with one attached hydrogen (secondary N) is 1. The maximum Gasteiger partial charge on any atom is 0.295 e. The molecular weight excluding hydrogens is 504 g/mol. The summed E-state index contributed by atoms with van der Waals surface area (Å²) in [6.07, 6.45) is 8.47. The third-order valence-electron chi connectivity index (χ3n) is 7.34. The van der Waals surface area contributed by atoms with Gasteiger partial charge < -0.3 is 5.32 Å². The summed E-state index contributed by atoms with van der Waals surface area (Å²) in [5, 5.41) is 3.09. The Hall–Kier alpha value is -3.80. The highest BCUT2D eigenvalue weighted by Crippen LogP contribution is 2.45. The van der Waals surface area contributed by atoms with Crippen LogP contribution >= 0.6 is 0 Å². The first-order valence-corrected chi connectivity index (χ1v) is 14.4. The molecule has 0 aromatic carbocycles. The van der Waals surface area contributed by atoms with Gasteiger partial charge in [-0.15, -0.1) is 0 Å². The van der Waals surface area contributed by atoms with Gasteiger partial charge in [0.2, 0.25) is 0 Å². The van der Waals surface area contributed by atoms with E-state index in [0.29, 0.717) is 28.6 Å². The number of nitrogens with zero attached hydrogens (tertiary/aromatic N) is 7. The lowest BCUT2D eigenvalue weighted by molar-refractivity contribution is 0.527. The van der Waals surface area contributed by atoms with Gasteiger partial charge in [-0.1, -0.05) is 6.92 Å². The molecule has 2 aliphatic carbocycles. The molecule has 0 bridgehead atoms.